The van der Waals surface area contributed by atoms with Crippen molar-refractivity contribution >= 4 is 41.5 Å². The van der Waals surface area contributed by atoms with Crippen molar-refractivity contribution in [3.8, 4) is 5.40 Å². The number of carbonyl (C=O) groups is 5. The van der Waals surface area contributed by atoms with E-state index in [0.717, 1.165) is 22.2 Å². The van der Waals surface area contributed by atoms with Crippen LogP contribution < -0.4 is 5.32 Å². The first-order valence-corrected chi connectivity index (χ1v) is 14.5. The highest BCUT2D eigenvalue weighted by atomic mass is 32.2. The van der Waals surface area contributed by atoms with E-state index in [0.29, 0.717) is 0 Å². The number of aliphatic carboxylic acids is 4. The fraction of sp³-hybridized carbons (Fsp3) is 0.556. The van der Waals surface area contributed by atoms with E-state index < -0.39 is 29.9 Å². The van der Waals surface area contributed by atoms with Crippen molar-refractivity contribution in [1.29, 1.82) is 5.26 Å². The van der Waals surface area contributed by atoms with Gasteiger partial charge in [-0.1, -0.05) is 12.1 Å². The molecule has 0 saturated carbocycles. The van der Waals surface area contributed by atoms with Gasteiger partial charge in [-0.15, -0.1) is 0 Å². The SMILES string of the molecule is N#CSc1ccc(CNC(=O)CCC(C(=O)O)N2CCN(CC(=O)O)CCN(CC(=O)O)CCN(CC(=O)O)CC2)cc1. The van der Waals surface area contributed by atoms with Gasteiger partial charge in [0.1, 0.15) is 11.4 Å². The highest BCUT2D eigenvalue weighted by Gasteiger charge is 2.28. The Kier molecular flexibility index (Phi) is 15.4. The van der Waals surface area contributed by atoms with E-state index in [1.54, 1.807) is 43.9 Å². The molecule has 236 valence electrons. The summed E-state index contributed by atoms with van der Waals surface area (Å²) in [4.78, 5) is 66.5. The largest absolute Gasteiger partial charge is 0.480 e. The zero-order valence-corrected chi connectivity index (χ0v) is 24.6. The summed E-state index contributed by atoms with van der Waals surface area (Å²) in [6, 6.07) is 6.00. The van der Waals surface area contributed by atoms with Gasteiger partial charge >= 0.3 is 23.9 Å². The van der Waals surface area contributed by atoms with E-state index in [4.69, 9.17) is 5.26 Å². The van der Waals surface area contributed by atoms with Crippen LogP contribution in [-0.4, -0.2) is 148 Å². The van der Waals surface area contributed by atoms with E-state index in [1.165, 1.54) is 0 Å². The topological polar surface area (TPSA) is 215 Å². The highest BCUT2D eigenvalue weighted by molar-refractivity contribution is 8.03. The number of thiocyanates is 1. The standard InChI is InChI=1S/C27H38N6O9S/c28-19-43-21-3-1-20(2-4-21)15-29-23(34)6-5-22(27(41)42)33-13-11-31(17-25(37)38)9-7-30(16-24(35)36)8-10-32(12-14-33)18-26(39)40/h1-4,22H,5-18H2,(H,29,34)(H,35,36)(H,37,38)(H,39,40)(H,41,42). The summed E-state index contributed by atoms with van der Waals surface area (Å²) < 4.78 is 0. The molecule has 1 aromatic rings. The molecular weight excluding hydrogens is 584 g/mol. The van der Waals surface area contributed by atoms with E-state index in [1.807, 2.05) is 5.40 Å². The number of carbonyl (C=O) groups excluding carboxylic acids is 1. The predicted molar refractivity (Wildman–Crippen MR) is 154 cm³/mol. The lowest BCUT2D eigenvalue weighted by Crippen LogP contribution is -2.52. The van der Waals surface area contributed by atoms with Crippen LogP contribution in [0.15, 0.2) is 29.2 Å². The zero-order valence-electron chi connectivity index (χ0n) is 23.8. The summed E-state index contributed by atoms with van der Waals surface area (Å²) in [7, 11) is 0. The normalized spacial score (nSPS) is 17.1. The first-order valence-electron chi connectivity index (χ1n) is 13.7. The third kappa shape index (κ3) is 14.3. The summed E-state index contributed by atoms with van der Waals surface area (Å²) >= 11 is 1.02. The van der Waals surface area contributed by atoms with Crippen molar-refractivity contribution in [1.82, 2.24) is 24.9 Å². The maximum absolute atomic E-state index is 12.6. The van der Waals surface area contributed by atoms with Crippen LogP contribution >= 0.6 is 11.8 Å². The fourth-order valence-electron chi connectivity index (χ4n) is 4.66. The Morgan fingerprint density at radius 2 is 1.21 bits per heavy atom. The molecule has 0 bridgehead atoms. The van der Waals surface area contributed by atoms with Gasteiger partial charge < -0.3 is 25.7 Å². The van der Waals surface area contributed by atoms with Crippen molar-refractivity contribution in [2.45, 2.75) is 30.3 Å². The summed E-state index contributed by atoms with van der Waals surface area (Å²) in [6.45, 7) is 0.777. The second-order valence-corrected chi connectivity index (χ2v) is 10.9. The van der Waals surface area contributed by atoms with Gasteiger partial charge in [-0.05, 0) is 35.9 Å². The molecule has 1 aliphatic rings. The van der Waals surface area contributed by atoms with Gasteiger partial charge in [0.25, 0.3) is 0 Å². The average Bonchev–Trinajstić information content (AvgIpc) is 2.92. The van der Waals surface area contributed by atoms with Gasteiger partial charge in [0.05, 0.1) is 19.6 Å². The Hall–Kier alpha value is -3.75. The molecule has 1 atom stereocenters. The molecule has 0 aromatic heterocycles. The number of hydrogen-bond donors (Lipinski definition) is 5. The Morgan fingerprint density at radius 3 is 1.60 bits per heavy atom. The van der Waals surface area contributed by atoms with Crippen molar-refractivity contribution in [3.05, 3.63) is 29.8 Å². The van der Waals surface area contributed by atoms with Crippen LogP contribution in [0.25, 0.3) is 0 Å². The molecule has 1 fully saturated rings. The lowest BCUT2D eigenvalue weighted by atomic mass is 10.1. The predicted octanol–water partition coefficient (Wildman–Crippen LogP) is -0.415. The van der Waals surface area contributed by atoms with Crippen LogP contribution in [0.4, 0.5) is 0 Å². The Balaban J connectivity index is 2.12. The van der Waals surface area contributed by atoms with Gasteiger partial charge in [0.15, 0.2) is 0 Å². The van der Waals surface area contributed by atoms with Crippen molar-refractivity contribution in [3.63, 3.8) is 0 Å². The Morgan fingerprint density at radius 1 is 0.767 bits per heavy atom. The van der Waals surface area contributed by atoms with E-state index in [-0.39, 0.29) is 97.3 Å². The fourth-order valence-corrected chi connectivity index (χ4v) is 5.04. The quantitative estimate of drug-likeness (QED) is 0.132. The molecule has 1 saturated heterocycles. The second-order valence-electron chi connectivity index (χ2n) is 10.1. The number of nitrogens with zero attached hydrogens (tertiary/aromatic N) is 5. The molecule has 1 amide bonds. The Bertz CT molecular complexity index is 1110. The molecule has 15 nitrogen and oxygen atoms in total. The number of amides is 1. The number of rotatable bonds is 14. The lowest BCUT2D eigenvalue weighted by Gasteiger charge is -2.35. The molecule has 5 N–H and O–H groups in total. The number of carboxylic acid groups (broad SMARTS) is 4. The van der Waals surface area contributed by atoms with Gasteiger partial charge in [-0.25, -0.2) is 0 Å². The van der Waals surface area contributed by atoms with Gasteiger partial charge in [0, 0.05) is 70.2 Å². The van der Waals surface area contributed by atoms with Crippen LogP contribution in [0.1, 0.15) is 18.4 Å². The summed E-state index contributed by atoms with van der Waals surface area (Å²) in [5.41, 5.74) is 0.812. The summed E-state index contributed by atoms with van der Waals surface area (Å²) in [6.07, 6.45) is -0.110. The molecule has 1 aromatic carbocycles. The van der Waals surface area contributed by atoms with Crippen LogP contribution in [0.2, 0.25) is 0 Å². The third-order valence-electron chi connectivity index (χ3n) is 6.90. The third-order valence-corrected chi connectivity index (χ3v) is 7.49. The van der Waals surface area contributed by atoms with Crippen LogP contribution in [-0.2, 0) is 30.5 Å². The van der Waals surface area contributed by atoms with Crippen LogP contribution in [0, 0.1) is 10.7 Å². The minimum atomic E-state index is -1.16. The molecule has 16 heteroatoms. The van der Waals surface area contributed by atoms with Gasteiger partial charge in [-0.3, -0.25) is 43.6 Å². The Labute approximate surface area is 253 Å². The number of nitriles is 1. The average molecular weight is 623 g/mol. The van der Waals surface area contributed by atoms with Crippen LogP contribution in [0.3, 0.4) is 0 Å². The van der Waals surface area contributed by atoms with Crippen molar-refractivity contribution in [2.75, 3.05) is 72.0 Å². The van der Waals surface area contributed by atoms with Gasteiger partial charge in [-0.2, -0.15) is 5.26 Å². The van der Waals surface area contributed by atoms with E-state index >= 15 is 0 Å². The number of carboxylic acids is 4. The monoisotopic (exact) mass is 622 g/mol. The molecule has 0 aliphatic carbocycles. The number of thioether (sulfide) groups is 1. The maximum atomic E-state index is 12.6. The van der Waals surface area contributed by atoms with E-state index in [2.05, 4.69) is 5.32 Å². The molecular formula is C27H38N6O9S. The smallest absolute Gasteiger partial charge is 0.320 e. The number of benzene rings is 1. The van der Waals surface area contributed by atoms with Crippen molar-refractivity contribution in [2.24, 2.45) is 0 Å². The first kappa shape index (κ1) is 35.4. The molecule has 1 unspecified atom stereocenters. The first-order chi connectivity index (χ1) is 20.5. The lowest BCUT2D eigenvalue weighted by molar-refractivity contribution is -0.145. The number of nitrogens with one attached hydrogen (secondary N) is 1. The minimum Gasteiger partial charge on any atom is -0.480 e. The van der Waals surface area contributed by atoms with Crippen molar-refractivity contribution < 1.29 is 44.4 Å². The maximum Gasteiger partial charge on any atom is 0.320 e. The molecule has 2 rings (SSSR count). The zero-order chi connectivity index (χ0) is 31.8. The van der Waals surface area contributed by atoms with Crippen LogP contribution in [0.5, 0.6) is 0 Å². The molecule has 0 spiro atoms. The highest BCUT2D eigenvalue weighted by Crippen LogP contribution is 2.17. The summed E-state index contributed by atoms with van der Waals surface area (Å²) in [5, 5.41) is 51.6. The second kappa shape index (κ2) is 18.7. The molecule has 1 heterocycles. The minimum absolute atomic E-state index is 0.0246. The van der Waals surface area contributed by atoms with E-state index in [9.17, 15) is 44.4 Å². The number of hydrogen-bond acceptors (Lipinski definition) is 11. The van der Waals surface area contributed by atoms with Gasteiger partial charge in [0.2, 0.25) is 5.91 Å². The molecule has 1 aliphatic heterocycles. The molecule has 0 radical (unpaired) electrons. The summed E-state index contributed by atoms with van der Waals surface area (Å²) in [5.74, 6) is -4.74. The molecule has 43 heavy (non-hydrogen) atoms.